The van der Waals surface area contributed by atoms with Gasteiger partial charge < -0.3 is 9.47 Å². The van der Waals surface area contributed by atoms with Crippen LogP contribution in [-0.4, -0.2) is 32.2 Å². The molecule has 0 saturated heterocycles. The number of carbonyl (C=O) groups is 1. The second kappa shape index (κ2) is 6.14. The first kappa shape index (κ1) is 11.6. The minimum atomic E-state index is -0.00213. The molecule has 3 nitrogen and oxygen atoms in total. The van der Waals surface area contributed by atoms with Gasteiger partial charge in [0.25, 0.3) is 0 Å². The number of rotatable bonds is 6. The summed E-state index contributed by atoms with van der Waals surface area (Å²) in [5.74, 6) is 0.192. The van der Waals surface area contributed by atoms with Crippen molar-refractivity contribution < 1.29 is 14.3 Å². The molecule has 0 spiro atoms. The summed E-state index contributed by atoms with van der Waals surface area (Å²) in [4.78, 5) is 11.1. The molecule has 12 heavy (non-hydrogen) atoms. The van der Waals surface area contributed by atoms with E-state index < -0.39 is 0 Å². The molecule has 0 saturated carbocycles. The van der Waals surface area contributed by atoms with Gasteiger partial charge in [-0.25, -0.2) is 0 Å². The van der Waals surface area contributed by atoms with Crippen molar-refractivity contribution in [3.8, 4) is 0 Å². The topological polar surface area (TPSA) is 35.5 Å². The minimum Gasteiger partial charge on any atom is -0.382 e. The monoisotopic (exact) mass is 174 g/mol. The van der Waals surface area contributed by atoms with Crippen LogP contribution in [0, 0.1) is 5.92 Å². The summed E-state index contributed by atoms with van der Waals surface area (Å²) in [6.07, 6.45) is -0.00213. The molecule has 0 heterocycles. The number of Topliss-reactive ketones (excluding diaryl/α,β-unsaturated/α-hetero) is 1. The highest BCUT2D eigenvalue weighted by molar-refractivity contribution is 5.81. The van der Waals surface area contributed by atoms with Crippen LogP contribution in [0.1, 0.15) is 20.8 Å². The Hall–Kier alpha value is -0.410. The average molecular weight is 174 g/mol. The van der Waals surface area contributed by atoms with E-state index in [0.717, 1.165) is 0 Å². The van der Waals surface area contributed by atoms with Crippen LogP contribution in [0.3, 0.4) is 0 Å². The molecule has 1 atom stereocenters. The quantitative estimate of drug-likeness (QED) is 0.608. The second-order valence-electron chi connectivity index (χ2n) is 3.20. The third-order valence-electron chi connectivity index (χ3n) is 1.56. The fourth-order valence-corrected chi connectivity index (χ4v) is 0.674. The highest BCUT2D eigenvalue weighted by Gasteiger charge is 2.09. The number of methoxy groups -OCH3 is 1. The molecule has 0 N–H and O–H groups in total. The molecule has 1 unspecified atom stereocenters. The molecule has 0 aromatic rings. The average Bonchev–Trinajstić information content (AvgIpc) is 2.00. The van der Waals surface area contributed by atoms with Crippen LogP contribution in [0.2, 0.25) is 0 Å². The molecule has 0 aliphatic rings. The van der Waals surface area contributed by atoms with Crippen molar-refractivity contribution in [1.82, 2.24) is 0 Å². The Labute approximate surface area is 74.0 Å². The van der Waals surface area contributed by atoms with Crippen molar-refractivity contribution in [1.29, 1.82) is 0 Å². The fourth-order valence-electron chi connectivity index (χ4n) is 0.674. The first-order chi connectivity index (χ1) is 5.57. The van der Waals surface area contributed by atoms with Gasteiger partial charge in [-0.2, -0.15) is 0 Å². The number of ketones is 1. The van der Waals surface area contributed by atoms with Gasteiger partial charge in [-0.3, -0.25) is 4.79 Å². The summed E-state index contributed by atoms with van der Waals surface area (Å²) in [5, 5.41) is 0. The van der Waals surface area contributed by atoms with Gasteiger partial charge in [0.1, 0.15) is 6.61 Å². The zero-order valence-corrected chi connectivity index (χ0v) is 8.29. The van der Waals surface area contributed by atoms with Gasteiger partial charge in [0.15, 0.2) is 5.78 Å². The summed E-state index contributed by atoms with van der Waals surface area (Å²) in [7, 11) is 1.62. The van der Waals surface area contributed by atoms with Gasteiger partial charge in [-0.15, -0.1) is 0 Å². The normalized spacial score (nSPS) is 13.4. The van der Waals surface area contributed by atoms with Crippen LogP contribution in [0.25, 0.3) is 0 Å². The smallest absolute Gasteiger partial charge is 0.160 e. The molecule has 0 bridgehead atoms. The van der Waals surface area contributed by atoms with Crippen molar-refractivity contribution in [2.45, 2.75) is 26.9 Å². The van der Waals surface area contributed by atoms with Gasteiger partial charge in [0.2, 0.25) is 0 Å². The lowest BCUT2D eigenvalue weighted by Crippen LogP contribution is -2.22. The zero-order valence-electron chi connectivity index (χ0n) is 8.29. The Bertz CT molecular complexity index is 132. The van der Waals surface area contributed by atoms with Crippen molar-refractivity contribution in [2.24, 2.45) is 5.92 Å². The lowest BCUT2D eigenvalue weighted by molar-refractivity contribution is -0.129. The molecule has 0 rings (SSSR count). The highest BCUT2D eigenvalue weighted by Crippen LogP contribution is 1.97. The number of ether oxygens (including phenoxy) is 2. The number of carbonyl (C=O) groups excluding carboxylic acids is 1. The molecule has 0 radical (unpaired) electrons. The third-order valence-corrected chi connectivity index (χ3v) is 1.56. The summed E-state index contributed by atoms with van der Waals surface area (Å²) >= 11 is 0. The maximum Gasteiger partial charge on any atom is 0.160 e. The maximum atomic E-state index is 11.1. The fraction of sp³-hybridized carbons (Fsp3) is 0.889. The van der Waals surface area contributed by atoms with Gasteiger partial charge in [-0.05, 0) is 6.92 Å². The van der Waals surface area contributed by atoms with E-state index in [1.165, 1.54) is 0 Å². The van der Waals surface area contributed by atoms with Gasteiger partial charge in [0.05, 0.1) is 12.7 Å². The Kier molecular flexibility index (Phi) is 5.93. The van der Waals surface area contributed by atoms with Crippen LogP contribution in [0.5, 0.6) is 0 Å². The van der Waals surface area contributed by atoms with Crippen LogP contribution in [-0.2, 0) is 14.3 Å². The molecule has 0 aliphatic carbocycles. The Morgan fingerprint density at radius 2 is 1.92 bits per heavy atom. The van der Waals surface area contributed by atoms with Crippen molar-refractivity contribution in [2.75, 3.05) is 20.3 Å². The lowest BCUT2D eigenvalue weighted by atomic mass is 10.1. The van der Waals surface area contributed by atoms with E-state index in [2.05, 4.69) is 0 Å². The summed E-state index contributed by atoms with van der Waals surface area (Å²) in [6, 6.07) is 0. The molecule has 0 amide bonds. The van der Waals surface area contributed by atoms with Crippen molar-refractivity contribution in [3.63, 3.8) is 0 Å². The second-order valence-corrected chi connectivity index (χ2v) is 3.20. The van der Waals surface area contributed by atoms with Gasteiger partial charge >= 0.3 is 0 Å². The van der Waals surface area contributed by atoms with Crippen LogP contribution in [0.15, 0.2) is 0 Å². The molecule has 0 aromatic heterocycles. The van der Waals surface area contributed by atoms with Crippen molar-refractivity contribution in [3.05, 3.63) is 0 Å². The first-order valence-electron chi connectivity index (χ1n) is 4.21. The SMILES string of the molecule is COCC(C)OCC(=O)C(C)C. The zero-order chi connectivity index (χ0) is 9.56. The third kappa shape index (κ3) is 5.27. The largest absolute Gasteiger partial charge is 0.382 e. The molecule has 3 heteroatoms. The summed E-state index contributed by atoms with van der Waals surface area (Å²) in [6.45, 7) is 6.35. The van der Waals surface area contributed by atoms with Gasteiger partial charge in [0, 0.05) is 13.0 Å². The molecule has 72 valence electrons. The van der Waals surface area contributed by atoms with E-state index in [-0.39, 0.29) is 24.4 Å². The van der Waals surface area contributed by atoms with E-state index >= 15 is 0 Å². The van der Waals surface area contributed by atoms with Crippen LogP contribution < -0.4 is 0 Å². The van der Waals surface area contributed by atoms with E-state index in [1.54, 1.807) is 7.11 Å². The minimum absolute atomic E-state index is 0.00213. The lowest BCUT2D eigenvalue weighted by Gasteiger charge is -2.11. The van der Waals surface area contributed by atoms with E-state index in [9.17, 15) is 4.79 Å². The standard InChI is InChI=1S/C9H18O3/c1-7(2)9(10)6-12-8(3)5-11-4/h7-8H,5-6H2,1-4H3. The number of hydrogen-bond acceptors (Lipinski definition) is 3. The van der Waals surface area contributed by atoms with E-state index in [4.69, 9.17) is 9.47 Å². The van der Waals surface area contributed by atoms with Crippen LogP contribution >= 0.6 is 0 Å². The number of hydrogen-bond donors (Lipinski definition) is 0. The summed E-state index contributed by atoms with van der Waals surface area (Å²) in [5.41, 5.74) is 0. The first-order valence-corrected chi connectivity index (χ1v) is 4.21. The van der Waals surface area contributed by atoms with E-state index in [1.807, 2.05) is 20.8 Å². The Balaban J connectivity index is 3.47. The Morgan fingerprint density at radius 3 is 2.33 bits per heavy atom. The summed E-state index contributed by atoms with van der Waals surface area (Å²) < 4.78 is 10.1. The molecule has 0 aromatic carbocycles. The van der Waals surface area contributed by atoms with Crippen molar-refractivity contribution >= 4 is 5.78 Å². The predicted molar refractivity (Wildman–Crippen MR) is 47.1 cm³/mol. The molecule has 0 fully saturated rings. The maximum absolute atomic E-state index is 11.1. The highest BCUT2D eigenvalue weighted by atomic mass is 16.5. The van der Waals surface area contributed by atoms with Gasteiger partial charge in [-0.1, -0.05) is 13.8 Å². The molecule has 0 aliphatic heterocycles. The molecular formula is C9H18O3. The predicted octanol–water partition coefficient (Wildman–Crippen LogP) is 1.26. The van der Waals surface area contributed by atoms with Crippen LogP contribution in [0.4, 0.5) is 0 Å². The Morgan fingerprint density at radius 1 is 1.33 bits per heavy atom. The van der Waals surface area contributed by atoms with E-state index in [0.29, 0.717) is 6.61 Å². The molecular weight excluding hydrogens is 156 g/mol.